The quantitative estimate of drug-likeness (QED) is 0.908. The molecule has 5 heteroatoms. The monoisotopic (exact) mass is 299 g/mol. The van der Waals surface area contributed by atoms with Gasteiger partial charge in [0.05, 0.1) is 24.2 Å². The molecular formula is C17H21N3O2. The molecule has 1 fully saturated rings. The van der Waals surface area contributed by atoms with Gasteiger partial charge in [0.25, 0.3) is 0 Å². The molecule has 116 valence electrons. The van der Waals surface area contributed by atoms with E-state index in [0.717, 1.165) is 31.0 Å². The van der Waals surface area contributed by atoms with Crippen molar-refractivity contribution in [2.75, 3.05) is 32.1 Å². The Hall–Kier alpha value is -2.11. The van der Waals surface area contributed by atoms with Crippen molar-refractivity contribution in [1.29, 1.82) is 0 Å². The van der Waals surface area contributed by atoms with E-state index in [0.29, 0.717) is 12.4 Å². The number of ether oxygens (including phenoxy) is 1. The van der Waals surface area contributed by atoms with Gasteiger partial charge < -0.3 is 15.2 Å². The standard InChI is InChI=1S/C17H21N3O2/c1-18-14-4-7-16(19-10-14)17-12-20(8-9-22-17)11-13-2-5-15(21)6-3-13/h2-7,10,17-18,21H,8-9,11-12H2,1H3/t17-/m0/s1. The third kappa shape index (κ3) is 3.55. The summed E-state index contributed by atoms with van der Waals surface area (Å²) >= 11 is 0. The van der Waals surface area contributed by atoms with Crippen LogP contribution in [0.1, 0.15) is 17.4 Å². The number of aromatic nitrogens is 1. The third-order valence-corrected chi connectivity index (χ3v) is 3.90. The first-order valence-electron chi connectivity index (χ1n) is 7.50. The van der Waals surface area contributed by atoms with Gasteiger partial charge >= 0.3 is 0 Å². The lowest BCUT2D eigenvalue weighted by atomic mass is 10.1. The minimum Gasteiger partial charge on any atom is -0.508 e. The summed E-state index contributed by atoms with van der Waals surface area (Å²) in [4.78, 5) is 6.83. The zero-order chi connectivity index (χ0) is 15.4. The summed E-state index contributed by atoms with van der Waals surface area (Å²) < 4.78 is 5.86. The molecule has 1 atom stereocenters. The maximum Gasteiger partial charge on any atom is 0.115 e. The molecule has 0 radical (unpaired) electrons. The molecule has 1 aromatic carbocycles. The predicted octanol–water partition coefficient (Wildman–Crippen LogP) is 2.40. The fraction of sp³-hybridized carbons (Fsp3) is 0.353. The Morgan fingerprint density at radius 3 is 2.77 bits per heavy atom. The van der Waals surface area contributed by atoms with Crippen LogP contribution in [-0.2, 0) is 11.3 Å². The van der Waals surface area contributed by atoms with Gasteiger partial charge in [-0.2, -0.15) is 0 Å². The molecular weight excluding hydrogens is 278 g/mol. The Labute approximate surface area is 130 Å². The highest BCUT2D eigenvalue weighted by molar-refractivity contribution is 5.40. The first kappa shape index (κ1) is 14.8. The van der Waals surface area contributed by atoms with Crippen molar-refractivity contribution in [3.05, 3.63) is 53.9 Å². The van der Waals surface area contributed by atoms with E-state index in [1.54, 1.807) is 12.1 Å². The normalized spacial score (nSPS) is 19.0. The molecule has 2 heterocycles. The van der Waals surface area contributed by atoms with E-state index in [9.17, 15) is 5.11 Å². The fourth-order valence-corrected chi connectivity index (χ4v) is 2.63. The second-order valence-electron chi connectivity index (χ2n) is 5.48. The molecule has 3 rings (SSSR count). The minimum atomic E-state index is 0.0109. The number of benzene rings is 1. The van der Waals surface area contributed by atoms with Crippen LogP contribution < -0.4 is 5.32 Å². The Bertz CT molecular complexity index is 598. The van der Waals surface area contributed by atoms with Crippen molar-refractivity contribution < 1.29 is 9.84 Å². The average molecular weight is 299 g/mol. The van der Waals surface area contributed by atoms with Gasteiger partial charge in [-0.3, -0.25) is 9.88 Å². The number of hydrogen-bond donors (Lipinski definition) is 2. The molecule has 0 spiro atoms. The summed E-state index contributed by atoms with van der Waals surface area (Å²) in [5, 5.41) is 12.4. The van der Waals surface area contributed by atoms with Crippen LogP contribution in [0.15, 0.2) is 42.6 Å². The summed E-state index contributed by atoms with van der Waals surface area (Å²) in [6, 6.07) is 11.4. The van der Waals surface area contributed by atoms with Crippen molar-refractivity contribution in [2.45, 2.75) is 12.6 Å². The van der Waals surface area contributed by atoms with Crippen LogP contribution >= 0.6 is 0 Å². The Balaban J connectivity index is 1.64. The van der Waals surface area contributed by atoms with Crippen LogP contribution in [0.25, 0.3) is 0 Å². The number of anilines is 1. The molecule has 0 amide bonds. The van der Waals surface area contributed by atoms with Crippen LogP contribution in [0.5, 0.6) is 5.75 Å². The van der Waals surface area contributed by atoms with Gasteiger partial charge in [0.2, 0.25) is 0 Å². The molecule has 22 heavy (non-hydrogen) atoms. The van der Waals surface area contributed by atoms with Gasteiger partial charge in [-0.1, -0.05) is 12.1 Å². The molecule has 1 aliphatic rings. The highest BCUT2D eigenvalue weighted by atomic mass is 16.5. The van der Waals surface area contributed by atoms with Gasteiger partial charge in [-0.25, -0.2) is 0 Å². The van der Waals surface area contributed by atoms with Crippen LogP contribution in [0.2, 0.25) is 0 Å². The highest BCUT2D eigenvalue weighted by Crippen LogP contribution is 2.23. The Kier molecular flexibility index (Phi) is 4.56. The molecule has 0 bridgehead atoms. The summed E-state index contributed by atoms with van der Waals surface area (Å²) in [6.45, 7) is 3.30. The summed E-state index contributed by atoms with van der Waals surface area (Å²) in [5.74, 6) is 0.303. The molecule has 1 aromatic heterocycles. The van der Waals surface area contributed by atoms with E-state index in [1.807, 2.05) is 37.5 Å². The van der Waals surface area contributed by atoms with E-state index in [4.69, 9.17) is 4.74 Å². The maximum absolute atomic E-state index is 9.35. The first-order chi connectivity index (χ1) is 10.7. The molecule has 1 aliphatic heterocycles. The second kappa shape index (κ2) is 6.77. The number of phenolic OH excluding ortho intramolecular Hbond substituents is 1. The van der Waals surface area contributed by atoms with E-state index < -0.39 is 0 Å². The molecule has 2 aromatic rings. The SMILES string of the molecule is CNc1ccc([C@@H]2CN(Cc3ccc(O)cc3)CCO2)nc1. The molecule has 0 aliphatic carbocycles. The van der Waals surface area contributed by atoms with Crippen LogP contribution in [0, 0.1) is 0 Å². The van der Waals surface area contributed by atoms with Crippen LogP contribution in [0.4, 0.5) is 5.69 Å². The van der Waals surface area contributed by atoms with Crippen molar-refractivity contribution in [3.63, 3.8) is 0 Å². The van der Waals surface area contributed by atoms with E-state index in [-0.39, 0.29) is 6.10 Å². The third-order valence-electron chi connectivity index (χ3n) is 3.90. The molecule has 0 unspecified atom stereocenters. The van der Waals surface area contributed by atoms with Crippen molar-refractivity contribution in [3.8, 4) is 5.75 Å². The van der Waals surface area contributed by atoms with Gasteiger partial charge in [0, 0.05) is 26.7 Å². The summed E-state index contributed by atoms with van der Waals surface area (Å²) in [7, 11) is 1.88. The van der Waals surface area contributed by atoms with E-state index >= 15 is 0 Å². The zero-order valence-electron chi connectivity index (χ0n) is 12.7. The molecule has 0 saturated carbocycles. The number of pyridine rings is 1. The van der Waals surface area contributed by atoms with Crippen LogP contribution in [-0.4, -0.2) is 41.7 Å². The zero-order valence-corrected chi connectivity index (χ0v) is 12.7. The van der Waals surface area contributed by atoms with E-state index in [1.165, 1.54) is 5.56 Å². The van der Waals surface area contributed by atoms with Crippen molar-refractivity contribution >= 4 is 5.69 Å². The largest absolute Gasteiger partial charge is 0.508 e. The smallest absolute Gasteiger partial charge is 0.115 e. The molecule has 2 N–H and O–H groups in total. The lowest BCUT2D eigenvalue weighted by Crippen LogP contribution is -2.38. The fourth-order valence-electron chi connectivity index (χ4n) is 2.63. The molecule has 1 saturated heterocycles. The van der Waals surface area contributed by atoms with Gasteiger partial charge in [0.15, 0.2) is 0 Å². The maximum atomic E-state index is 9.35. The predicted molar refractivity (Wildman–Crippen MR) is 85.9 cm³/mol. The second-order valence-corrected chi connectivity index (χ2v) is 5.48. The molecule has 5 nitrogen and oxygen atoms in total. The van der Waals surface area contributed by atoms with Crippen molar-refractivity contribution in [2.24, 2.45) is 0 Å². The highest BCUT2D eigenvalue weighted by Gasteiger charge is 2.22. The number of aromatic hydroxyl groups is 1. The van der Waals surface area contributed by atoms with E-state index in [2.05, 4.69) is 15.2 Å². The van der Waals surface area contributed by atoms with Gasteiger partial charge in [-0.05, 0) is 29.8 Å². The number of nitrogens with zero attached hydrogens (tertiary/aromatic N) is 2. The number of nitrogens with one attached hydrogen (secondary N) is 1. The summed E-state index contributed by atoms with van der Waals surface area (Å²) in [6.07, 6.45) is 1.84. The summed E-state index contributed by atoms with van der Waals surface area (Å²) in [5.41, 5.74) is 3.16. The Morgan fingerprint density at radius 2 is 2.09 bits per heavy atom. The average Bonchev–Trinajstić information content (AvgIpc) is 2.57. The van der Waals surface area contributed by atoms with Gasteiger partial charge in [0.1, 0.15) is 11.9 Å². The number of hydrogen-bond acceptors (Lipinski definition) is 5. The Morgan fingerprint density at radius 1 is 1.27 bits per heavy atom. The van der Waals surface area contributed by atoms with Crippen molar-refractivity contribution in [1.82, 2.24) is 9.88 Å². The topological polar surface area (TPSA) is 57.6 Å². The first-order valence-corrected chi connectivity index (χ1v) is 7.50. The minimum absolute atomic E-state index is 0.0109. The van der Waals surface area contributed by atoms with Gasteiger partial charge in [-0.15, -0.1) is 0 Å². The number of rotatable bonds is 4. The lowest BCUT2D eigenvalue weighted by Gasteiger charge is -2.32. The van der Waals surface area contributed by atoms with Crippen LogP contribution in [0.3, 0.4) is 0 Å². The number of morpholine rings is 1. The lowest BCUT2D eigenvalue weighted by molar-refractivity contribution is -0.0349. The number of phenols is 1.